The molecular formula is C14H15ClFNS. The van der Waals surface area contributed by atoms with E-state index in [9.17, 15) is 4.39 Å². The molecule has 1 atom stereocenters. The highest BCUT2D eigenvalue weighted by Gasteiger charge is 2.18. The van der Waals surface area contributed by atoms with Crippen LogP contribution in [0.25, 0.3) is 0 Å². The summed E-state index contributed by atoms with van der Waals surface area (Å²) in [5.74, 6) is -0.175. The Morgan fingerprint density at radius 3 is 2.67 bits per heavy atom. The second-order valence-corrected chi connectivity index (χ2v) is 5.90. The van der Waals surface area contributed by atoms with E-state index < -0.39 is 0 Å². The van der Waals surface area contributed by atoms with Gasteiger partial charge in [-0.25, -0.2) is 4.39 Å². The SMILES string of the molecule is CCNC(c1ccc(Cl)s1)c1ccc(C)cc1F. The van der Waals surface area contributed by atoms with Crippen molar-refractivity contribution in [2.75, 3.05) is 6.54 Å². The lowest BCUT2D eigenvalue weighted by Crippen LogP contribution is -2.22. The highest BCUT2D eigenvalue weighted by Crippen LogP contribution is 2.32. The molecule has 96 valence electrons. The summed E-state index contributed by atoms with van der Waals surface area (Å²) in [6.45, 7) is 4.67. The van der Waals surface area contributed by atoms with E-state index in [1.807, 2.05) is 38.1 Å². The van der Waals surface area contributed by atoms with Crippen molar-refractivity contribution in [2.24, 2.45) is 0 Å². The van der Waals surface area contributed by atoms with Crippen molar-refractivity contribution in [2.45, 2.75) is 19.9 Å². The van der Waals surface area contributed by atoms with Crippen LogP contribution in [-0.4, -0.2) is 6.54 Å². The van der Waals surface area contributed by atoms with E-state index in [1.54, 1.807) is 6.07 Å². The normalized spacial score (nSPS) is 12.7. The second-order valence-electron chi connectivity index (χ2n) is 4.16. The van der Waals surface area contributed by atoms with E-state index in [2.05, 4.69) is 5.32 Å². The maximum absolute atomic E-state index is 14.0. The first-order valence-corrected chi connectivity index (χ1v) is 7.06. The summed E-state index contributed by atoms with van der Waals surface area (Å²) >= 11 is 7.43. The van der Waals surface area contributed by atoms with Crippen molar-refractivity contribution in [3.05, 3.63) is 56.5 Å². The maximum Gasteiger partial charge on any atom is 0.128 e. The molecule has 4 heteroatoms. The van der Waals surface area contributed by atoms with E-state index in [0.29, 0.717) is 5.56 Å². The molecule has 0 spiro atoms. The molecule has 18 heavy (non-hydrogen) atoms. The molecule has 0 amide bonds. The van der Waals surface area contributed by atoms with Crippen LogP contribution in [0.3, 0.4) is 0 Å². The van der Waals surface area contributed by atoms with Crippen LogP contribution in [0.5, 0.6) is 0 Å². The zero-order valence-electron chi connectivity index (χ0n) is 10.3. The van der Waals surface area contributed by atoms with E-state index >= 15 is 0 Å². The van der Waals surface area contributed by atoms with Crippen LogP contribution in [0.1, 0.15) is 29.0 Å². The van der Waals surface area contributed by atoms with Crippen LogP contribution in [0.4, 0.5) is 4.39 Å². The highest BCUT2D eigenvalue weighted by atomic mass is 35.5. The van der Waals surface area contributed by atoms with Gasteiger partial charge >= 0.3 is 0 Å². The average Bonchev–Trinajstić information content (AvgIpc) is 2.73. The zero-order chi connectivity index (χ0) is 13.1. The van der Waals surface area contributed by atoms with Crippen LogP contribution in [0.2, 0.25) is 4.34 Å². The van der Waals surface area contributed by atoms with Gasteiger partial charge in [-0.15, -0.1) is 11.3 Å². The van der Waals surface area contributed by atoms with Gasteiger partial charge in [-0.1, -0.05) is 30.7 Å². The lowest BCUT2D eigenvalue weighted by atomic mass is 10.0. The van der Waals surface area contributed by atoms with Gasteiger partial charge in [-0.2, -0.15) is 0 Å². The second kappa shape index (κ2) is 5.83. The summed E-state index contributed by atoms with van der Waals surface area (Å²) in [7, 11) is 0. The standard InChI is InChI=1S/C14H15ClFNS/c1-3-17-14(12-6-7-13(15)18-12)10-5-4-9(2)8-11(10)16/h4-8,14,17H,3H2,1-2H3. The average molecular weight is 284 g/mol. The summed E-state index contributed by atoms with van der Waals surface area (Å²) < 4.78 is 14.8. The first-order chi connectivity index (χ1) is 8.61. The van der Waals surface area contributed by atoms with Gasteiger partial charge in [0.25, 0.3) is 0 Å². The van der Waals surface area contributed by atoms with Crippen LogP contribution < -0.4 is 5.32 Å². The minimum atomic E-state index is -0.175. The lowest BCUT2D eigenvalue weighted by molar-refractivity contribution is 0.562. The number of benzene rings is 1. The molecule has 0 aliphatic carbocycles. The Morgan fingerprint density at radius 1 is 1.33 bits per heavy atom. The van der Waals surface area contributed by atoms with Crippen molar-refractivity contribution in [1.29, 1.82) is 0 Å². The molecule has 2 rings (SSSR count). The third kappa shape index (κ3) is 2.91. The smallest absolute Gasteiger partial charge is 0.128 e. The molecule has 0 aliphatic heterocycles. The van der Waals surface area contributed by atoms with E-state index in [-0.39, 0.29) is 11.9 Å². The number of thiophene rings is 1. The molecule has 2 aromatic rings. The summed E-state index contributed by atoms with van der Waals surface area (Å²) in [6, 6.07) is 8.99. The van der Waals surface area contributed by atoms with Gasteiger partial charge in [-0.05, 0) is 37.2 Å². The van der Waals surface area contributed by atoms with E-state index in [0.717, 1.165) is 21.3 Å². The molecule has 1 unspecified atom stereocenters. The minimum absolute atomic E-state index is 0.131. The molecule has 0 saturated carbocycles. The Hall–Kier alpha value is -0.900. The fourth-order valence-electron chi connectivity index (χ4n) is 1.92. The number of rotatable bonds is 4. The predicted octanol–water partition coefficient (Wildman–Crippen LogP) is 4.55. The molecule has 1 aromatic heterocycles. The zero-order valence-corrected chi connectivity index (χ0v) is 11.9. The fourth-order valence-corrected chi connectivity index (χ4v) is 3.07. The first kappa shape index (κ1) is 13.5. The molecule has 1 N–H and O–H groups in total. The number of hydrogen-bond acceptors (Lipinski definition) is 2. The van der Waals surface area contributed by atoms with Crippen molar-refractivity contribution in [3.63, 3.8) is 0 Å². The first-order valence-electron chi connectivity index (χ1n) is 5.86. The quantitative estimate of drug-likeness (QED) is 0.868. The molecule has 0 radical (unpaired) electrons. The van der Waals surface area contributed by atoms with Gasteiger partial charge in [0, 0.05) is 10.4 Å². The minimum Gasteiger partial charge on any atom is -0.306 e. The molecule has 0 saturated heterocycles. The van der Waals surface area contributed by atoms with Gasteiger partial charge in [-0.3, -0.25) is 0 Å². The maximum atomic E-state index is 14.0. The van der Waals surface area contributed by atoms with Gasteiger partial charge in [0.1, 0.15) is 5.82 Å². The Morgan fingerprint density at radius 2 is 2.11 bits per heavy atom. The lowest BCUT2D eigenvalue weighted by Gasteiger charge is -2.18. The number of nitrogens with one attached hydrogen (secondary N) is 1. The molecule has 0 fully saturated rings. The van der Waals surface area contributed by atoms with Crippen molar-refractivity contribution in [3.8, 4) is 0 Å². The van der Waals surface area contributed by atoms with Crippen LogP contribution in [-0.2, 0) is 0 Å². The molecule has 1 aromatic carbocycles. The number of halogens is 2. The Bertz CT molecular complexity index is 538. The molecular weight excluding hydrogens is 269 g/mol. The van der Waals surface area contributed by atoms with Crippen molar-refractivity contribution < 1.29 is 4.39 Å². The Kier molecular flexibility index (Phi) is 4.38. The topological polar surface area (TPSA) is 12.0 Å². The summed E-state index contributed by atoms with van der Waals surface area (Å²) in [4.78, 5) is 1.03. The Balaban J connectivity index is 2.41. The molecule has 1 nitrogen and oxygen atoms in total. The monoisotopic (exact) mass is 283 g/mol. The number of hydrogen-bond donors (Lipinski definition) is 1. The predicted molar refractivity (Wildman–Crippen MR) is 76.0 cm³/mol. The third-order valence-corrected chi connectivity index (χ3v) is 4.05. The number of aryl methyl sites for hydroxylation is 1. The van der Waals surface area contributed by atoms with Crippen LogP contribution in [0, 0.1) is 12.7 Å². The summed E-state index contributed by atoms with van der Waals surface area (Å²) in [5, 5.41) is 3.30. The van der Waals surface area contributed by atoms with Crippen molar-refractivity contribution >= 4 is 22.9 Å². The van der Waals surface area contributed by atoms with Crippen LogP contribution in [0.15, 0.2) is 30.3 Å². The van der Waals surface area contributed by atoms with Crippen LogP contribution >= 0.6 is 22.9 Å². The molecule has 0 bridgehead atoms. The van der Waals surface area contributed by atoms with Gasteiger partial charge < -0.3 is 5.32 Å². The fraction of sp³-hybridized carbons (Fsp3) is 0.286. The molecule has 0 aliphatic rings. The Labute approximate surface area is 116 Å². The third-order valence-electron chi connectivity index (χ3n) is 2.75. The van der Waals surface area contributed by atoms with Gasteiger partial charge in [0.15, 0.2) is 0 Å². The highest BCUT2D eigenvalue weighted by molar-refractivity contribution is 7.16. The summed E-state index contributed by atoms with van der Waals surface area (Å²) in [6.07, 6.45) is 0. The molecule has 1 heterocycles. The van der Waals surface area contributed by atoms with Gasteiger partial charge in [0.2, 0.25) is 0 Å². The van der Waals surface area contributed by atoms with Crippen molar-refractivity contribution in [1.82, 2.24) is 5.32 Å². The van der Waals surface area contributed by atoms with Gasteiger partial charge in [0.05, 0.1) is 10.4 Å². The largest absolute Gasteiger partial charge is 0.306 e. The van der Waals surface area contributed by atoms with E-state index in [4.69, 9.17) is 11.6 Å². The summed E-state index contributed by atoms with van der Waals surface area (Å²) in [5.41, 5.74) is 1.59. The van der Waals surface area contributed by atoms with E-state index in [1.165, 1.54) is 11.3 Å².